The predicted octanol–water partition coefficient (Wildman–Crippen LogP) is 0.805. The molecule has 0 rings (SSSR count). The van der Waals surface area contributed by atoms with Gasteiger partial charge in [-0.2, -0.15) is 0 Å². The number of carbonyl (C=O) groups is 1. The van der Waals surface area contributed by atoms with E-state index in [1.807, 2.05) is 20.5 Å². The van der Waals surface area contributed by atoms with Gasteiger partial charge in [0.25, 0.3) is 0 Å². The second-order valence-corrected chi connectivity index (χ2v) is 3.38. The molecule has 2 N–H and O–H groups in total. The van der Waals surface area contributed by atoms with E-state index in [1.165, 1.54) is 0 Å². The number of carbonyl (C=O) groups excluding carboxylic acids is 1. The van der Waals surface area contributed by atoms with Gasteiger partial charge in [-0.15, -0.1) is 0 Å². The highest BCUT2D eigenvalue weighted by Gasteiger charge is 2.14. The van der Waals surface area contributed by atoms with Gasteiger partial charge >= 0.3 is 0 Å². The molecule has 9 heavy (non-hydrogen) atoms. The third-order valence-electron chi connectivity index (χ3n) is 1.27. The summed E-state index contributed by atoms with van der Waals surface area (Å²) in [6.07, 6.45) is 0. The molecule has 0 saturated carbocycles. The van der Waals surface area contributed by atoms with Crippen LogP contribution in [0.25, 0.3) is 0 Å². The van der Waals surface area contributed by atoms with Gasteiger partial charge < -0.3 is 5.73 Å². The molecule has 0 aliphatic carbocycles. The third kappa shape index (κ3) is 2.92. The highest BCUT2D eigenvalue weighted by atomic mass is 31.1. The average Bonchev–Trinajstić information content (AvgIpc) is 1.84. The van der Waals surface area contributed by atoms with Gasteiger partial charge in [0.15, 0.2) is 5.52 Å². The van der Waals surface area contributed by atoms with Gasteiger partial charge in [0.1, 0.15) is 0 Å². The van der Waals surface area contributed by atoms with Crippen molar-refractivity contribution in [2.75, 3.05) is 6.66 Å². The Morgan fingerprint density at radius 1 is 1.56 bits per heavy atom. The molecule has 0 aliphatic rings. The Hall–Kier alpha value is 0.0600. The van der Waals surface area contributed by atoms with Crippen LogP contribution in [0.4, 0.5) is 0 Å². The van der Waals surface area contributed by atoms with Crippen LogP contribution >= 0.6 is 8.58 Å². The fraction of sp³-hybridized carbons (Fsp3) is 0.833. The van der Waals surface area contributed by atoms with Crippen LogP contribution in [-0.2, 0) is 4.79 Å². The summed E-state index contributed by atoms with van der Waals surface area (Å²) in [6, 6.07) is -0.242. The highest BCUT2D eigenvalue weighted by Crippen LogP contribution is 2.11. The SMILES string of the molecule is CPC(=O)[C@@H](N)C(C)C. The lowest BCUT2D eigenvalue weighted by Crippen LogP contribution is -2.32. The molecular formula is C6H14NOP. The summed E-state index contributed by atoms with van der Waals surface area (Å²) in [7, 11) is 0.341. The van der Waals surface area contributed by atoms with Gasteiger partial charge in [-0.1, -0.05) is 22.4 Å². The minimum atomic E-state index is -0.242. The standard InChI is InChI=1S/C6H14NOP/c1-4(2)5(7)6(8)9-3/h4-5,9H,7H2,1-3H3/t5-/m0/s1. The van der Waals surface area contributed by atoms with Crippen LogP contribution < -0.4 is 5.73 Å². The fourth-order valence-electron chi connectivity index (χ4n) is 0.469. The van der Waals surface area contributed by atoms with Gasteiger partial charge in [-0.05, 0) is 12.6 Å². The van der Waals surface area contributed by atoms with E-state index in [0.29, 0.717) is 8.58 Å². The smallest absolute Gasteiger partial charge is 0.167 e. The van der Waals surface area contributed by atoms with E-state index in [0.717, 1.165) is 0 Å². The molecule has 0 spiro atoms. The third-order valence-corrected chi connectivity index (χ3v) is 2.09. The summed E-state index contributed by atoms with van der Waals surface area (Å²) in [5.41, 5.74) is 5.71. The van der Waals surface area contributed by atoms with Crippen LogP contribution in [0.2, 0.25) is 0 Å². The van der Waals surface area contributed by atoms with Crippen LogP contribution in [0, 0.1) is 5.92 Å². The van der Waals surface area contributed by atoms with E-state index in [4.69, 9.17) is 5.73 Å². The van der Waals surface area contributed by atoms with Crippen LogP contribution in [0.1, 0.15) is 13.8 Å². The van der Waals surface area contributed by atoms with Gasteiger partial charge in [-0.3, -0.25) is 4.79 Å². The predicted molar refractivity (Wildman–Crippen MR) is 42.1 cm³/mol. The van der Waals surface area contributed by atoms with Gasteiger partial charge in [0.2, 0.25) is 0 Å². The zero-order valence-corrected chi connectivity index (χ0v) is 7.14. The maximum atomic E-state index is 10.8. The van der Waals surface area contributed by atoms with Crippen molar-refractivity contribution >= 4 is 14.1 Å². The molecule has 0 saturated heterocycles. The second-order valence-electron chi connectivity index (χ2n) is 2.38. The Kier molecular flexibility index (Phi) is 4.00. The Morgan fingerprint density at radius 2 is 2.00 bits per heavy atom. The number of rotatable bonds is 3. The molecule has 0 bridgehead atoms. The second kappa shape index (κ2) is 3.97. The van der Waals surface area contributed by atoms with Crippen molar-refractivity contribution in [2.45, 2.75) is 19.9 Å². The quantitative estimate of drug-likeness (QED) is 0.600. The lowest BCUT2D eigenvalue weighted by molar-refractivity contribution is -0.113. The largest absolute Gasteiger partial charge is 0.321 e. The molecule has 1 unspecified atom stereocenters. The monoisotopic (exact) mass is 147 g/mol. The van der Waals surface area contributed by atoms with Crippen LogP contribution in [-0.4, -0.2) is 18.2 Å². The summed E-state index contributed by atoms with van der Waals surface area (Å²) in [5.74, 6) is 0.282. The molecule has 2 nitrogen and oxygen atoms in total. The number of hydrogen-bond donors (Lipinski definition) is 1. The Bertz CT molecular complexity index is 103. The minimum absolute atomic E-state index is 0.185. The molecule has 0 aliphatic heterocycles. The van der Waals surface area contributed by atoms with Gasteiger partial charge in [-0.25, -0.2) is 0 Å². The Labute approximate surface area is 58.0 Å². The summed E-state index contributed by atoms with van der Waals surface area (Å²) in [6.45, 7) is 5.79. The van der Waals surface area contributed by atoms with Crippen molar-refractivity contribution in [3.8, 4) is 0 Å². The molecule has 0 aromatic rings. The molecule has 0 aromatic carbocycles. The molecule has 0 aromatic heterocycles. The molecule has 0 radical (unpaired) electrons. The Balaban J connectivity index is 3.72. The van der Waals surface area contributed by atoms with E-state index in [1.54, 1.807) is 0 Å². The van der Waals surface area contributed by atoms with E-state index >= 15 is 0 Å². The zero-order valence-electron chi connectivity index (χ0n) is 6.14. The van der Waals surface area contributed by atoms with E-state index in [-0.39, 0.29) is 17.5 Å². The summed E-state index contributed by atoms with van der Waals surface area (Å²) in [4.78, 5) is 10.8. The molecular weight excluding hydrogens is 133 g/mol. The first-order valence-corrected chi connectivity index (χ1v) is 4.56. The minimum Gasteiger partial charge on any atom is -0.321 e. The summed E-state index contributed by atoms with van der Waals surface area (Å²) >= 11 is 0. The summed E-state index contributed by atoms with van der Waals surface area (Å²) < 4.78 is 0. The van der Waals surface area contributed by atoms with Crippen molar-refractivity contribution < 1.29 is 4.79 Å². The fourth-order valence-corrected chi connectivity index (χ4v) is 1.14. The lowest BCUT2D eigenvalue weighted by Gasteiger charge is -2.11. The van der Waals surface area contributed by atoms with Crippen molar-refractivity contribution in [3.63, 3.8) is 0 Å². The first-order chi connectivity index (χ1) is 4.09. The molecule has 0 fully saturated rings. The van der Waals surface area contributed by atoms with Crippen molar-refractivity contribution in [1.29, 1.82) is 0 Å². The Morgan fingerprint density at radius 3 is 2.11 bits per heavy atom. The number of hydrogen-bond acceptors (Lipinski definition) is 2. The molecule has 54 valence electrons. The lowest BCUT2D eigenvalue weighted by atomic mass is 10.1. The molecule has 2 atom stereocenters. The van der Waals surface area contributed by atoms with Crippen LogP contribution in [0.3, 0.4) is 0 Å². The van der Waals surface area contributed by atoms with Gasteiger partial charge in [0.05, 0.1) is 6.04 Å². The van der Waals surface area contributed by atoms with Crippen molar-refractivity contribution in [1.82, 2.24) is 0 Å². The molecule has 0 heterocycles. The van der Waals surface area contributed by atoms with E-state index < -0.39 is 0 Å². The van der Waals surface area contributed by atoms with Crippen molar-refractivity contribution in [3.05, 3.63) is 0 Å². The van der Waals surface area contributed by atoms with E-state index in [2.05, 4.69) is 0 Å². The van der Waals surface area contributed by atoms with Crippen LogP contribution in [0.5, 0.6) is 0 Å². The normalized spacial score (nSPS) is 15.2. The molecule has 0 amide bonds. The average molecular weight is 147 g/mol. The van der Waals surface area contributed by atoms with Gasteiger partial charge in [0, 0.05) is 0 Å². The first kappa shape index (κ1) is 9.06. The van der Waals surface area contributed by atoms with Crippen LogP contribution in [0.15, 0.2) is 0 Å². The molecule has 3 heteroatoms. The number of nitrogens with two attached hydrogens (primary N) is 1. The van der Waals surface area contributed by atoms with Crippen molar-refractivity contribution in [2.24, 2.45) is 11.7 Å². The van der Waals surface area contributed by atoms with E-state index in [9.17, 15) is 4.79 Å². The maximum Gasteiger partial charge on any atom is 0.167 e. The zero-order chi connectivity index (χ0) is 7.44. The maximum absolute atomic E-state index is 10.8. The first-order valence-electron chi connectivity index (χ1n) is 3.06. The topological polar surface area (TPSA) is 43.1 Å². The highest BCUT2D eigenvalue weighted by molar-refractivity contribution is 7.57. The summed E-state index contributed by atoms with van der Waals surface area (Å²) in [5, 5.41) is 0.